The Morgan fingerprint density at radius 3 is 2.89 bits per heavy atom. The van der Waals surface area contributed by atoms with Gasteiger partial charge in [0.15, 0.2) is 0 Å². The number of carbonyl (C=O) groups is 1. The number of nitrogens with one attached hydrogen (secondary N) is 1. The number of hydrogen-bond acceptors (Lipinski definition) is 5. The number of anilines is 1. The number of aromatic nitrogens is 3. The van der Waals surface area contributed by atoms with Crippen LogP contribution in [0.2, 0.25) is 0 Å². The van der Waals surface area contributed by atoms with E-state index in [4.69, 9.17) is 0 Å². The van der Waals surface area contributed by atoms with Crippen LogP contribution in [0, 0.1) is 17.3 Å². The lowest BCUT2D eigenvalue weighted by Gasteiger charge is -2.28. The van der Waals surface area contributed by atoms with Crippen molar-refractivity contribution in [2.24, 2.45) is 17.3 Å². The Hall–Kier alpha value is -2.15. The fourth-order valence-corrected chi connectivity index (χ4v) is 5.65. The zero-order chi connectivity index (χ0) is 19.1. The van der Waals surface area contributed by atoms with E-state index in [2.05, 4.69) is 19.9 Å². The van der Waals surface area contributed by atoms with E-state index in [1.54, 1.807) is 6.33 Å². The summed E-state index contributed by atoms with van der Waals surface area (Å²) in [4.78, 5) is 29.0. The maximum Gasteiger partial charge on any atom is 0.222 e. The zero-order valence-corrected chi connectivity index (χ0v) is 16.3. The third-order valence-electron chi connectivity index (χ3n) is 7.30. The van der Waals surface area contributed by atoms with Crippen molar-refractivity contribution in [1.82, 2.24) is 19.9 Å². The molecule has 1 aliphatic carbocycles. The third kappa shape index (κ3) is 2.96. The molecule has 2 unspecified atom stereocenters. The van der Waals surface area contributed by atoms with Gasteiger partial charge in [0.05, 0.1) is 12.0 Å². The number of aromatic amines is 1. The summed E-state index contributed by atoms with van der Waals surface area (Å²) in [6.07, 6.45) is 10.4. The molecular weight excluding hydrogens is 354 g/mol. The van der Waals surface area contributed by atoms with Gasteiger partial charge in [-0.05, 0) is 18.4 Å². The molecule has 4 heterocycles. The number of amides is 1. The predicted octanol–water partition coefficient (Wildman–Crippen LogP) is 2.19. The van der Waals surface area contributed by atoms with Crippen LogP contribution in [0.1, 0.15) is 38.5 Å². The minimum Gasteiger partial charge on any atom is -0.396 e. The van der Waals surface area contributed by atoms with Gasteiger partial charge in [0.2, 0.25) is 5.91 Å². The van der Waals surface area contributed by atoms with Crippen LogP contribution >= 0.6 is 0 Å². The summed E-state index contributed by atoms with van der Waals surface area (Å²) in [6.45, 7) is 3.08. The molecule has 2 aliphatic heterocycles. The number of H-pyrrole nitrogens is 1. The molecule has 0 spiro atoms. The number of fused-ring (bicyclic) bond motifs is 2. The maximum absolute atomic E-state index is 12.8. The molecule has 2 atom stereocenters. The van der Waals surface area contributed by atoms with Crippen molar-refractivity contribution >= 4 is 22.8 Å². The first kappa shape index (κ1) is 17.9. The van der Waals surface area contributed by atoms with Crippen molar-refractivity contribution in [3.8, 4) is 0 Å². The van der Waals surface area contributed by atoms with E-state index in [0.29, 0.717) is 13.0 Å². The van der Waals surface area contributed by atoms with Crippen LogP contribution in [0.15, 0.2) is 18.6 Å². The molecule has 7 heteroatoms. The van der Waals surface area contributed by atoms with E-state index in [-0.39, 0.29) is 23.8 Å². The largest absolute Gasteiger partial charge is 0.396 e. The van der Waals surface area contributed by atoms with Crippen molar-refractivity contribution in [2.45, 2.75) is 38.5 Å². The maximum atomic E-state index is 12.8. The molecule has 0 bridgehead atoms. The van der Waals surface area contributed by atoms with Gasteiger partial charge in [0, 0.05) is 50.1 Å². The second-order valence-corrected chi connectivity index (χ2v) is 9.00. The van der Waals surface area contributed by atoms with Crippen LogP contribution < -0.4 is 4.90 Å². The quantitative estimate of drug-likeness (QED) is 0.827. The fraction of sp³-hybridized carbons (Fsp3) is 0.667. The molecule has 150 valence electrons. The van der Waals surface area contributed by atoms with Crippen LogP contribution in [0.25, 0.3) is 11.0 Å². The Kier molecular flexibility index (Phi) is 4.50. The van der Waals surface area contributed by atoms with E-state index in [0.717, 1.165) is 48.8 Å². The number of carbonyl (C=O) groups excluding carboxylic acids is 1. The number of likely N-dealkylation sites (tertiary alicyclic amines) is 1. The summed E-state index contributed by atoms with van der Waals surface area (Å²) in [6, 6.07) is 2.00. The smallest absolute Gasteiger partial charge is 0.222 e. The van der Waals surface area contributed by atoms with Crippen LogP contribution in [-0.4, -0.2) is 63.7 Å². The van der Waals surface area contributed by atoms with Crippen LogP contribution in [0.3, 0.4) is 0 Å². The molecule has 0 radical (unpaired) electrons. The topological polar surface area (TPSA) is 85.4 Å². The highest BCUT2D eigenvalue weighted by atomic mass is 16.3. The molecule has 1 saturated carbocycles. The summed E-state index contributed by atoms with van der Waals surface area (Å²) < 4.78 is 0. The number of rotatable bonds is 5. The van der Waals surface area contributed by atoms with Crippen LogP contribution in [0.5, 0.6) is 0 Å². The second-order valence-electron chi connectivity index (χ2n) is 9.00. The van der Waals surface area contributed by atoms with E-state index in [9.17, 15) is 9.90 Å². The Morgan fingerprint density at radius 1 is 1.25 bits per heavy atom. The first-order valence-corrected chi connectivity index (χ1v) is 10.6. The normalized spacial score (nSPS) is 27.8. The minimum absolute atomic E-state index is 0.113. The summed E-state index contributed by atoms with van der Waals surface area (Å²) in [5.74, 6) is 2.23. The SMILES string of the molecule is O=C(CCC1CCCC1)N1CC2CN(c3ncnc4[nH]ccc34)CC2(CO)C1. The highest BCUT2D eigenvalue weighted by Crippen LogP contribution is 2.44. The van der Waals surface area contributed by atoms with Gasteiger partial charge in [-0.3, -0.25) is 4.79 Å². The summed E-state index contributed by atoms with van der Waals surface area (Å²) >= 11 is 0. The minimum atomic E-state index is -0.239. The fourth-order valence-electron chi connectivity index (χ4n) is 5.65. The Bertz CT molecular complexity index is 861. The highest BCUT2D eigenvalue weighted by Gasteiger charge is 2.53. The van der Waals surface area contributed by atoms with Crippen molar-refractivity contribution in [3.63, 3.8) is 0 Å². The molecule has 2 saturated heterocycles. The van der Waals surface area contributed by atoms with Gasteiger partial charge in [-0.1, -0.05) is 25.7 Å². The molecule has 1 amide bonds. The van der Waals surface area contributed by atoms with E-state index >= 15 is 0 Å². The molecule has 28 heavy (non-hydrogen) atoms. The molecule has 3 aliphatic rings. The van der Waals surface area contributed by atoms with Gasteiger partial charge in [-0.2, -0.15) is 0 Å². The number of hydrogen-bond donors (Lipinski definition) is 2. The van der Waals surface area contributed by atoms with Gasteiger partial charge in [-0.25, -0.2) is 9.97 Å². The van der Waals surface area contributed by atoms with Crippen molar-refractivity contribution < 1.29 is 9.90 Å². The van der Waals surface area contributed by atoms with Gasteiger partial charge in [0.1, 0.15) is 17.8 Å². The third-order valence-corrected chi connectivity index (χ3v) is 7.30. The second kappa shape index (κ2) is 7.03. The first-order valence-electron chi connectivity index (χ1n) is 10.6. The predicted molar refractivity (Wildman–Crippen MR) is 107 cm³/mol. The highest BCUT2D eigenvalue weighted by molar-refractivity contribution is 5.87. The Morgan fingerprint density at radius 2 is 2.11 bits per heavy atom. The van der Waals surface area contributed by atoms with Crippen LogP contribution in [-0.2, 0) is 4.79 Å². The number of aliphatic hydroxyl groups is 1. The molecule has 2 aromatic heterocycles. The van der Waals surface area contributed by atoms with Crippen molar-refractivity contribution in [2.75, 3.05) is 37.7 Å². The van der Waals surface area contributed by atoms with Crippen molar-refractivity contribution in [1.29, 1.82) is 0 Å². The van der Waals surface area contributed by atoms with Crippen molar-refractivity contribution in [3.05, 3.63) is 18.6 Å². The zero-order valence-electron chi connectivity index (χ0n) is 16.3. The van der Waals surface area contributed by atoms with Gasteiger partial charge in [0.25, 0.3) is 0 Å². The molecule has 0 aromatic carbocycles. The molecule has 2 N–H and O–H groups in total. The molecule has 3 fully saturated rings. The standard InChI is InChI=1S/C21H29N5O2/c27-13-21-11-25(18(28)6-5-15-3-1-2-4-15)9-16(21)10-26(12-21)20-17-7-8-22-19(17)23-14-24-20/h7-8,14-16,27H,1-6,9-13H2,(H,22,23,24). The van der Waals surface area contributed by atoms with Gasteiger partial charge < -0.3 is 19.9 Å². The lowest BCUT2D eigenvalue weighted by atomic mass is 9.82. The number of aliphatic hydroxyl groups excluding tert-OH is 1. The van der Waals surface area contributed by atoms with E-state index < -0.39 is 0 Å². The number of nitrogens with zero attached hydrogens (tertiary/aromatic N) is 4. The Labute approximate surface area is 165 Å². The van der Waals surface area contributed by atoms with Gasteiger partial charge >= 0.3 is 0 Å². The molecule has 5 rings (SSSR count). The lowest BCUT2D eigenvalue weighted by molar-refractivity contribution is -0.131. The summed E-state index contributed by atoms with van der Waals surface area (Å²) in [7, 11) is 0. The van der Waals surface area contributed by atoms with Gasteiger partial charge in [-0.15, -0.1) is 0 Å². The van der Waals surface area contributed by atoms with E-state index in [1.165, 1.54) is 25.7 Å². The average Bonchev–Trinajstić information content (AvgIpc) is 3.48. The molecule has 2 aromatic rings. The molecule has 7 nitrogen and oxygen atoms in total. The Balaban J connectivity index is 1.27. The van der Waals surface area contributed by atoms with E-state index in [1.807, 2.05) is 17.2 Å². The summed E-state index contributed by atoms with van der Waals surface area (Å²) in [5, 5.41) is 11.3. The monoisotopic (exact) mass is 383 g/mol. The average molecular weight is 383 g/mol. The van der Waals surface area contributed by atoms with Crippen LogP contribution in [0.4, 0.5) is 5.82 Å². The molecular formula is C21H29N5O2. The first-order chi connectivity index (χ1) is 13.7. The lowest BCUT2D eigenvalue weighted by Crippen LogP contribution is -2.39. The summed E-state index contributed by atoms with van der Waals surface area (Å²) in [5.41, 5.74) is 0.597.